The predicted molar refractivity (Wildman–Crippen MR) is 122 cm³/mol. The minimum Gasteiger partial charge on any atom is -0.448 e. The summed E-state index contributed by atoms with van der Waals surface area (Å²) < 4.78 is 16.1. The van der Waals surface area contributed by atoms with Gasteiger partial charge in [0.15, 0.2) is 11.5 Å². The van der Waals surface area contributed by atoms with E-state index in [2.05, 4.69) is 30.3 Å². The van der Waals surface area contributed by atoms with Crippen LogP contribution in [0.5, 0.6) is 0 Å². The van der Waals surface area contributed by atoms with E-state index < -0.39 is 6.09 Å². The fourth-order valence-electron chi connectivity index (χ4n) is 3.91. The maximum Gasteiger partial charge on any atom is 0.411 e. The molecule has 1 aromatic carbocycles. The molecule has 11 heteroatoms. The highest BCUT2D eigenvalue weighted by Crippen LogP contribution is 2.27. The number of rotatable bonds is 6. The number of ether oxygens (including phenoxy) is 3. The van der Waals surface area contributed by atoms with Crippen molar-refractivity contribution < 1.29 is 19.0 Å². The van der Waals surface area contributed by atoms with E-state index in [0.717, 1.165) is 56.2 Å². The van der Waals surface area contributed by atoms with Crippen LogP contribution in [-0.2, 0) is 14.2 Å². The zero-order chi connectivity index (χ0) is 22.5. The number of amides is 1. The summed E-state index contributed by atoms with van der Waals surface area (Å²) in [5.41, 5.74) is 2.17. The molecule has 0 unspecified atom stereocenters. The van der Waals surface area contributed by atoms with Crippen molar-refractivity contribution in [3.8, 4) is 11.4 Å². The monoisotopic (exact) mass is 453 g/mol. The largest absolute Gasteiger partial charge is 0.448 e. The van der Waals surface area contributed by atoms with Crippen LogP contribution >= 0.6 is 0 Å². The molecule has 2 aromatic heterocycles. The van der Waals surface area contributed by atoms with E-state index in [1.165, 1.54) is 0 Å². The number of fused-ring (bicyclic) bond motifs is 1. The lowest BCUT2D eigenvalue weighted by atomic mass is 10.2. The minimum absolute atomic E-state index is 0.340. The predicted octanol–water partition coefficient (Wildman–Crippen LogP) is 1.74. The Hall–Kier alpha value is -3.28. The molecule has 0 aliphatic carbocycles. The first-order valence-electron chi connectivity index (χ1n) is 11.1. The molecule has 0 saturated carbocycles. The normalized spacial score (nSPS) is 17.3. The van der Waals surface area contributed by atoms with Gasteiger partial charge in [-0.25, -0.2) is 14.8 Å². The van der Waals surface area contributed by atoms with E-state index >= 15 is 0 Å². The number of aromatic nitrogens is 4. The van der Waals surface area contributed by atoms with Gasteiger partial charge >= 0.3 is 6.09 Å². The second kappa shape index (κ2) is 10.1. The van der Waals surface area contributed by atoms with Crippen molar-refractivity contribution in [1.82, 2.24) is 25.1 Å². The third-order valence-electron chi connectivity index (χ3n) is 5.73. The average Bonchev–Trinajstić information content (AvgIpc) is 3.34. The summed E-state index contributed by atoms with van der Waals surface area (Å²) >= 11 is 0. The Balaban J connectivity index is 1.23. The first-order chi connectivity index (χ1) is 16.3. The fraction of sp³-hybridized carbons (Fsp3) is 0.455. The van der Waals surface area contributed by atoms with E-state index in [1.807, 2.05) is 24.3 Å². The molecule has 2 aliphatic rings. The summed E-state index contributed by atoms with van der Waals surface area (Å²) in [6, 6.07) is 7.38. The number of morpholine rings is 2. The lowest BCUT2D eigenvalue weighted by molar-refractivity contribution is 0.0290. The van der Waals surface area contributed by atoms with Crippen molar-refractivity contribution in [3.63, 3.8) is 0 Å². The molecule has 174 valence electrons. The van der Waals surface area contributed by atoms with Gasteiger partial charge in [0.05, 0.1) is 38.0 Å². The molecule has 2 N–H and O–H groups in total. The quantitative estimate of drug-likeness (QED) is 0.575. The molecule has 0 bridgehead atoms. The van der Waals surface area contributed by atoms with Crippen molar-refractivity contribution in [2.24, 2.45) is 0 Å². The molecule has 1 amide bonds. The van der Waals surface area contributed by atoms with Crippen LogP contribution in [0.25, 0.3) is 22.4 Å². The number of H-pyrrole nitrogens is 1. The van der Waals surface area contributed by atoms with Crippen molar-refractivity contribution in [2.45, 2.75) is 0 Å². The molecule has 33 heavy (non-hydrogen) atoms. The molecule has 11 nitrogen and oxygen atoms in total. The van der Waals surface area contributed by atoms with Gasteiger partial charge in [0.25, 0.3) is 0 Å². The van der Waals surface area contributed by atoms with Crippen molar-refractivity contribution >= 4 is 28.6 Å². The number of anilines is 2. The maximum atomic E-state index is 12.1. The Morgan fingerprint density at radius 2 is 1.76 bits per heavy atom. The molecule has 0 atom stereocenters. The van der Waals surface area contributed by atoms with E-state index in [9.17, 15) is 4.79 Å². The standard InChI is InChI=1S/C22H27N7O4/c30-22(33-14-7-28-5-10-31-11-6-28)24-17-3-1-16(2-4-17)19-25-20-18(15-23-27-20)21(26-19)29-8-12-32-13-9-29/h1-4,15H,5-14H2,(H,24,30)(H,23,25,26,27). The second-order valence-corrected chi connectivity index (χ2v) is 7.89. The van der Waals surface area contributed by atoms with Gasteiger partial charge in [-0.05, 0) is 24.3 Å². The Morgan fingerprint density at radius 1 is 1.03 bits per heavy atom. The Labute approximate surface area is 191 Å². The van der Waals surface area contributed by atoms with Crippen LogP contribution in [0.1, 0.15) is 0 Å². The third kappa shape index (κ3) is 5.21. The highest BCUT2D eigenvalue weighted by Gasteiger charge is 2.19. The summed E-state index contributed by atoms with van der Waals surface area (Å²) in [4.78, 5) is 26.0. The Morgan fingerprint density at radius 3 is 2.52 bits per heavy atom. The molecule has 3 aromatic rings. The van der Waals surface area contributed by atoms with E-state index in [1.54, 1.807) is 6.20 Å². The average molecular weight is 454 g/mol. The molecular formula is C22H27N7O4. The summed E-state index contributed by atoms with van der Waals surface area (Å²) in [7, 11) is 0. The summed E-state index contributed by atoms with van der Waals surface area (Å²) in [6.45, 7) is 7.11. The van der Waals surface area contributed by atoms with Gasteiger partial charge in [0.1, 0.15) is 12.4 Å². The fourth-order valence-corrected chi connectivity index (χ4v) is 3.91. The maximum absolute atomic E-state index is 12.1. The second-order valence-electron chi connectivity index (χ2n) is 7.89. The van der Waals surface area contributed by atoms with Crippen LogP contribution in [0.4, 0.5) is 16.3 Å². The number of benzene rings is 1. The number of hydrogen-bond acceptors (Lipinski definition) is 9. The van der Waals surface area contributed by atoms with Crippen LogP contribution in [0.2, 0.25) is 0 Å². The van der Waals surface area contributed by atoms with Gasteiger partial charge in [0, 0.05) is 44.0 Å². The van der Waals surface area contributed by atoms with Gasteiger partial charge in [-0.1, -0.05) is 0 Å². The summed E-state index contributed by atoms with van der Waals surface area (Å²) in [6.07, 6.45) is 1.28. The zero-order valence-electron chi connectivity index (χ0n) is 18.3. The van der Waals surface area contributed by atoms with E-state index in [4.69, 9.17) is 19.2 Å². The molecule has 2 fully saturated rings. The topological polar surface area (TPSA) is 118 Å². The smallest absolute Gasteiger partial charge is 0.411 e. The molecule has 4 heterocycles. The molecule has 0 spiro atoms. The van der Waals surface area contributed by atoms with Gasteiger partial charge < -0.3 is 19.1 Å². The van der Waals surface area contributed by atoms with Crippen molar-refractivity contribution in [1.29, 1.82) is 0 Å². The number of carbonyl (C=O) groups excluding carboxylic acids is 1. The molecule has 2 saturated heterocycles. The minimum atomic E-state index is -0.472. The molecular weight excluding hydrogens is 426 g/mol. The first kappa shape index (κ1) is 21.6. The highest BCUT2D eigenvalue weighted by atomic mass is 16.5. The lowest BCUT2D eigenvalue weighted by Crippen LogP contribution is -2.38. The zero-order valence-corrected chi connectivity index (χ0v) is 18.3. The summed E-state index contributed by atoms with van der Waals surface area (Å²) in [5.74, 6) is 1.44. The SMILES string of the molecule is O=C(Nc1ccc(-c2nc(N3CCOCC3)c3cn[nH]c3n2)cc1)OCCN1CCOCC1. The highest BCUT2D eigenvalue weighted by molar-refractivity contribution is 5.88. The lowest BCUT2D eigenvalue weighted by Gasteiger charge is -2.28. The summed E-state index contributed by atoms with van der Waals surface area (Å²) in [5, 5.41) is 10.7. The Bertz CT molecular complexity index is 1080. The van der Waals surface area contributed by atoms with Gasteiger partial charge in [-0.15, -0.1) is 0 Å². The Kier molecular flexibility index (Phi) is 6.61. The van der Waals surface area contributed by atoms with Gasteiger partial charge in [0.2, 0.25) is 0 Å². The van der Waals surface area contributed by atoms with Crippen molar-refractivity contribution in [3.05, 3.63) is 30.5 Å². The van der Waals surface area contributed by atoms with Gasteiger partial charge in [-0.3, -0.25) is 15.3 Å². The van der Waals surface area contributed by atoms with E-state index in [0.29, 0.717) is 43.5 Å². The number of carbonyl (C=O) groups is 1. The van der Waals surface area contributed by atoms with Crippen LogP contribution in [0.3, 0.4) is 0 Å². The van der Waals surface area contributed by atoms with Crippen LogP contribution < -0.4 is 10.2 Å². The number of aromatic amines is 1. The third-order valence-corrected chi connectivity index (χ3v) is 5.73. The molecule has 2 aliphatic heterocycles. The molecule has 0 radical (unpaired) electrons. The number of nitrogens with zero attached hydrogens (tertiary/aromatic N) is 5. The van der Waals surface area contributed by atoms with Gasteiger partial charge in [-0.2, -0.15) is 5.10 Å². The molecule has 5 rings (SSSR count). The van der Waals surface area contributed by atoms with Crippen molar-refractivity contribution in [2.75, 3.05) is 76.0 Å². The van der Waals surface area contributed by atoms with Crippen LogP contribution in [-0.4, -0.2) is 96.9 Å². The number of hydrogen-bond donors (Lipinski definition) is 2. The van der Waals surface area contributed by atoms with E-state index in [-0.39, 0.29) is 0 Å². The van der Waals surface area contributed by atoms with Crippen LogP contribution in [0, 0.1) is 0 Å². The first-order valence-corrected chi connectivity index (χ1v) is 11.1. The number of nitrogens with one attached hydrogen (secondary N) is 2. The van der Waals surface area contributed by atoms with Crippen LogP contribution in [0.15, 0.2) is 30.5 Å².